The van der Waals surface area contributed by atoms with E-state index in [0.29, 0.717) is 11.4 Å². The number of carbonyl (C=O) groups excluding carboxylic acids is 1. The van der Waals surface area contributed by atoms with Gasteiger partial charge in [0.2, 0.25) is 0 Å². The maximum absolute atomic E-state index is 12.0. The number of benzene rings is 2. The predicted octanol–water partition coefficient (Wildman–Crippen LogP) is 5.10. The third-order valence-corrected chi connectivity index (χ3v) is 4.11. The lowest BCUT2D eigenvalue weighted by atomic mass is 9.78. The molecule has 1 unspecified atom stereocenters. The van der Waals surface area contributed by atoms with E-state index in [1.165, 1.54) is 5.56 Å². The van der Waals surface area contributed by atoms with Crippen LogP contribution in [-0.2, 0) is 0 Å². The molecule has 0 heterocycles. The Labute approximate surface area is 122 Å². The molecule has 3 heteroatoms. The number of rotatable bonds is 1. The minimum absolute atomic E-state index is 0.183. The zero-order chi connectivity index (χ0) is 13.4. The molecule has 0 fully saturated rings. The summed E-state index contributed by atoms with van der Waals surface area (Å²) in [5, 5.41) is 1.34. The minimum atomic E-state index is 0.183. The Morgan fingerprint density at radius 1 is 0.947 bits per heavy atom. The molecule has 0 aliphatic heterocycles. The summed E-state index contributed by atoms with van der Waals surface area (Å²) < 4.78 is 0. The average molecular weight is 291 g/mol. The first-order chi connectivity index (χ1) is 9.15. The van der Waals surface area contributed by atoms with Gasteiger partial charge in [0.25, 0.3) is 0 Å². The Morgan fingerprint density at radius 3 is 2.37 bits per heavy atom. The Bertz CT molecular complexity index is 632. The highest BCUT2D eigenvalue weighted by Crippen LogP contribution is 2.37. The second kappa shape index (κ2) is 4.99. The Hall–Kier alpha value is -1.31. The highest BCUT2D eigenvalue weighted by Gasteiger charge is 2.26. The van der Waals surface area contributed by atoms with Gasteiger partial charge in [-0.2, -0.15) is 0 Å². The molecule has 1 atom stereocenters. The van der Waals surface area contributed by atoms with Crippen molar-refractivity contribution < 1.29 is 4.79 Å². The van der Waals surface area contributed by atoms with Crippen molar-refractivity contribution in [1.29, 1.82) is 0 Å². The molecule has 19 heavy (non-hydrogen) atoms. The number of carbonyl (C=O) groups is 1. The van der Waals surface area contributed by atoms with Gasteiger partial charge in [0, 0.05) is 27.9 Å². The predicted molar refractivity (Wildman–Crippen MR) is 78.3 cm³/mol. The smallest absolute Gasteiger partial charge is 0.163 e. The van der Waals surface area contributed by atoms with E-state index in [2.05, 4.69) is 0 Å². The lowest BCUT2D eigenvalue weighted by Gasteiger charge is -2.25. The molecular formula is C16H12Cl2O. The van der Waals surface area contributed by atoms with Crippen molar-refractivity contribution in [1.82, 2.24) is 0 Å². The lowest BCUT2D eigenvalue weighted by Crippen LogP contribution is -2.16. The summed E-state index contributed by atoms with van der Waals surface area (Å²) in [5.41, 5.74) is 3.03. The molecule has 2 aromatic rings. The Balaban J connectivity index is 2.08. The molecule has 3 rings (SSSR count). The Kier molecular flexibility index (Phi) is 3.34. The van der Waals surface area contributed by atoms with Crippen molar-refractivity contribution in [3.05, 3.63) is 69.2 Å². The molecule has 96 valence electrons. The Morgan fingerprint density at radius 2 is 1.63 bits per heavy atom. The van der Waals surface area contributed by atoms with Gasteiger partial charge >= 0.3 is 0 Å². The van der Waals surface area contributed by atoms with E-state index < -0.39 is 0 Å². The van der Waals surface area contributed by atoms with Gasteiger partial charge in [-0.15, -0.1) is 0 Å². The standard InChI is InChI=1S/C16H12Cl2O/c17-11-3-1-10(2-4-11)13-7-8-16(19)15-9-12(18)5-6-14(13)15/h1-6,9,13H,7-8H2. The van der Waals surface area contributed by atoms with E-state index in [-0.39, 0.29) is 11.7 Å². The van der Waals surface area contributed by atoms with Crippen LogP contribution in [-0.4, -0.2) is 5.78 Å². The summed E-state index contributed by atoms with van der Waals surface area (Å²) in [7, 11) is 0. The number of halogens is 2. The molecule has 1 nitrogen and oxygen atoms in total. The number of ketones is 1. The van der Waals surface area contributed by atoms with Crippen LogP contribution in [0, 0.1) is 0 Å². The molecule has 0 saturated carbocycles. The second-order valence-electron chi connectivity index (χ2n) is 4.80. The summed E-state index contributed by atoms with van der Waals surface area (Å²) in [4.78, 5) is 12.0. The average Bonchev–Trinajstić information content (AvgIpc) is 2.41. The molecule has 0 N–H and O–H groups in total. The minimum Gasteiger partial charge on any atom is -0.294 e. The molecule has 0 aromatic heterocycles. The van der Waals surface area contributed by atoms with Crippen molar-refractivity contribution in [2.75, 3.05) is 0 Å². The molecule has 1 aliphatic rings. The quantitative estimate of drug-likeness (QED) is 0.714. The van der Waals surface area contributed by atoms with E-state index >= 15 is 0 Å². The zero-order valence-electron chi connectivity index (χ0n) is 10.2. The first-order valence-corrected chi connectivity index (χ1v) is 6.99. The highest BCUT2D eigenvalue weighted by atomic mass is 35.5. The fourth-order valence-electron chi connectivity index (χ4n) is 2.68. The van der Waals surface area contributed by atoms with Crippen LogP contribution in [0.4, 0.5) is 0 Å². The molecule has 1 aliphatic carbocycles. The first kappa shape index (κ1) is 12.7. The van der Waals surface area contributed by atoms with Gasteiger partial charge in [0.1, 0.15) is 0 Å². The van der Waals surface area contributed by atoms with Crippen LogP contribution in [0.1, 0.15) is 40.2 Å². The van der Waals surface area contributed by atoms with Crippen LogP contribution in [0.25, 0.3) is 0 Å². The largest absolute Gasteiger partial charge is 0.294 e. The molecule has 2 aromatic carbocycles. The van der Waals surface area contributed by atoms with E-state index in [1.807, 2.05) is 36.4 Å². The first-order valence-electron chi connectivity index (χ1n) is 6.23. The summed E-state index contributed by atoms with van der Waals surface area (Å²) in [6.45, 7) is 0. The normalized spacial score (nSPS) is 18.2. The van der Waals surface area contributed by atoms with Crippen LogP contribution < -0.4 is 0 Å². The van der Waals surface area contributed by atoms with Crippen LogP contribution in [0.2, 0.25) is 10.0 Å². The fourth-order valence-corrected chi connectivity index (χ4v) is 2.98. The maximum atomic E-state index is 12.0. The zero-order valence-corrected chi connectivity index (χ0v) is 11.7. The van der Waals surface area contributed by atoms with Crippen molar-refractivity contribution in [3.8, 4) is 0 Å². The third kappa shape index (κ3) is 2.41. The van der Waals surface area contributed by atoms with Crippen LogP contribution in [0.5, 0.6) is 0 Å². The highest BCUT2D eigenvalue weighted by molar-refractivity contribution is 6.31. The van der Waals surface area contributed by atoms with Crippen LogP contribution in [0.3, 0.4) is 0 Å². The summed E-state index contributed by atoms with van der Waals surface area (Å²) >= 11 is 11.9. The molecule has 0 spiro atoms. The molecule has 0 bridgehead atoms. The van der Waals surface area contributed by atoms with Crippen LogP contribution in [0.15, 0.2) is 42.5 Å². The van der Waals surface area contributed by atoms with Crippen molar-refractivity contribution in [3.63, 3.8) is 0 Å². The summed E-state index contributed by atoms with van der Waals surface area (Å²) in [6, 6.07) is 13.4. The van der Waals surface area contributed by atoms with Gasteiger partial charge in [0.15, 0.2) is 5.78 Å². The molecular weight excluding hydrogens is 279 g/mol. The summed E-state index contributed by atoms with van der Waals surface area (Å²) in [5.74, 6) is 0.435. The molecule has 0 amide bonds. The number of hydrogen-bond donors (Lipinski definition) is 0. The SMILES string of the molecule is O=C1CCC(c2ccc(Cl)cc2)c2ccc(Cl)cc21. The summed E-state index contributed by atoms with van der Waals surface area (Å²) in [6.07, 6.45) is 1.41. The van der Waals surface area contributed by atoms with E-state index in [0.717, 1.165) is 22.6 Å². The second-order valence-corrected chi connectivity index (χ2v) is 5.67. The maximum Gasteiger partial charge on any atom is 0.163 e. The van der Waals surface area contributed by atoms with Crippen molar-refractivity contribution in [2.45, 2.75) is 18.8 Å². The third-order valence-electron chi connectivity index (χ3n) is 3.62. The number of fused-ring (bicyclic) bond motifs is 1. The van der Waals surface area contributed by atoms with Crippen LogP contribution >= 0.6 is 23.2 Å². The molecule has 0 saturated heterocycles. The number of Topliss-reactive ketones (excluding diaryl/α,β-unsaturated/α-hetero) is 1. The van der Waals surface area contributed by atoms with Gasteiger partial charge < -0.3 is 0 Å². The topological polar surface area (TPSA) is 17.1 Å². The van der Waals surface area contributed by atoms with Gasteiger partial charge in [-0.1, -0.05) is 41.4 Å². The molecule has 0 radical (unpaired) electrons. The number of hydrogen-bond acceptors (Lipinski definition) is 1. The fraction of sp³-hybridized carbons (Fsp3) is 0.188. The monoisotopic (exact) mass is 290 g/mol. The van der Waals surface area contributed by atoms with E-state index in [9.17, 15) is 4.79 Å². The lowest BCUT2D eigenvalue weighted by molar-refractivity contribution is 0.0969. The van der Waals surface area contributed by atoms with Gasteiger partial charge in [-0.05, 0) is 41.8 Å². The van der Waals surface area contributed by atoms with E-state index in [4.69, 9.17) is 23.2 Å². The van der Waals surface area contributed by atoms with Crippen molar-refractivity contribution >= 4 is 29.0 Å². The van der Waals surface area contributed by atoms with Crippen molar-refractivity contribution in [2.24, 2.45) is 0 Å². The van der Waals surface area contributed by atoms with Gasteiger partial charge in [-0.3, -0.25) is 4.79 Å². The van der Waals surface area contributed by atoms with Gasteiger partial charge in [0.05, 0.1) is 0 Å². The van der Waals surface area contributed by atoms with E-state index in [1.54, 1.807) is 6.07 Å². The van der Waals surface area contributed by atoms with Gasteiger partial charge in [-0.25, -0.2) is 0 Å².